The van der Waals surface area contributed by atoms with Crippen LogP contribution in [0.1, 0.15) is 38.1 Å². The van der Waals surface area contributed by atoms with Crippen molar-refractivity contribution in [2.45, 2.75) is 38.9 Å². The van der Waals surface area contributed by atoms with Crippen LogP contribution in [0.3, 0.4) is 0 Å². The van der Waals surface area contributed by atoms with Gasteiger partial charge in [-0.25, -0.2) is 10.0 Å². The molecule has 6 nitrogen and oxygen atoms in total. The van der Waals surface area contributed by atoms with Crippen molar-refractivity contribution in [2.75, 3.05) is 14.2 Å². The molecule has 1 fully saturated rings. The Morgan fingerprint density at radius 2 is 1.86 bits per heavy atom. The summed E-state index contributed by atoms with van der Waals surface area (Å²) in [6.45, 7) is 7.84. The molecule has 1 saturated heterocycles. The third kappa shape index (κ3) is 2.99. The van der Waals surface area contributed by atoms with E-state index in [4.69, 9.17) is 25.7 Å². The van der Waals surface area contributed by atoms with Crippen LogP contribution in [0.15, 0.2) is 12.3 Å². The number of rotatable bonds is 3. The second kappa shape index (κ2) is 5.81. The van der Waals surface area contributed by atoms with Gasteiger partial charge in [0.1, 0.15) is 5.15 Å². The largest absolute Gasteiger partial charge is 0.496 e. The standard InChI is InChI=1S/C14H20BClN2O4/c1-13(2)14(3,4)22-15(21-13)9-7-10(11(16)17-8-9)12(19)18(5)20-6/h7-8H,1-6H3. The van der Waals surface area contributed by atoms with Gasteiger partial charge in [-0.05, 0) is 33.8 Å². The molecule has 0 saturated carbocycles. The molecular formula is C14H20BClN2O4. The maximum atomic E-state index is 12.2. The molecule has 1 aromatic rings. The average molecular weight is 327 g/mol. The number of pyridine rings is 1. The second-order valence-electron chi connectivity index (χ2n) is 6.18. The molecular weight excluding hydrogens is 306 g/mol. The van der Waals surface area contributed by atoms with Gasteiger partial charge in [-0.3, -0.25) is 9.63 Å². The highest BCUT2D eigenvalue weighted by Crippen LogP contribution is 2.36. The minimum atomic E-state index is -0.603. The molecule has 1 aliphatic heterocycles. The predicted molar refractivity (Wildman–Crippen MR) is 84.1 cm³/mol. The van der Waals surface area contributed by atoms with Crippen LogP contribution in [-0.2, 0) is 14.1 Å². The van der Waals surface area contributed by atoms with E-state index in [2.05, 4.69) is 4.98 Å². The summed E-state index contributed by atoms with van der Waals surface area (Å²) in [5.41, 5.74) is -0.0654. The number of carbonyl (C=O) groups is 1. The number of carbonyl (C=O) groups excluding carboxylic acids is 1. The Morgan fingerprint density at radius 3 is 2.36 bits per heavy atom. The van der Waals surface area contributed by atoms with E-state index in [1.54, 1.807) is 12.3 Å². The van der Waals surface area contributed by atoms with Crippen LogP contribution in [0.4, 0.5) is 0 Å². The Bertz CT molecular complexity index is 578. The van der Waals surface area contributed by atoms with Gasteiger partial charge < -0.3 is 9.31 Å². The molecule has 0 aliphatic carbocycles. The van der Waals surface area contributed by atoms with Crippen LogP contribution in [0.25, 0.3) is 0 Å². The normalized spacial score (nSPS) is 19.3. The fraction of sp³-hybridized carbons (Fsp3) is 0.571. The molecule has 0 bridgehead atoms. The molecule has 1 aliphatic rings. The minimum Gasteiger partial charge on any atom is -0.399 e. The first-order valence-corrected chi connectivity index (χ1v) is 7.30. The van der Waals surface area contributed by atoms with Gasteiger partial charge in [0.25, 0.3) is 5.91 Å². The summed E-state index contributed by atoms with van der Waals surface area (Å²) in [7, 11) is 2.30. The Labute approximate surface area is 135 Å². The summed E-state index contributed by atoms with van der Waals surface area (Å²) < 4.78 is 11.9. The smallest absolute Gasteiger partial charge is 0.399 e. The van der Waals surface area contributed by atoms with Crippen molar-refractivity contribution < 1.29 is 18.9 Å². The molecule has 8 heteroatoms. The monoisotopic (exact) mass is 326 g/mol. The molecule has 22 heavy (non-hydrogen) atoms. The lowest BCUT2D eigenvalue weighted by atomic mass is 9.79. The van der Waals surface area contributed by atoms with Crippen LogP contribution in [0.2, 0.25) is 5.15 Å². The van der Waals surface area contributed by atoms with E-state index in [-0.39, 0.29) is 10.7 Å². The van der Waals surface area contributed by atoms with Crippen LogP contribution in [-0.4, -0.2) is 48.4 Å². The van der Waals surface area contributed by atoms with Gasteiger partial charge in [0, 0.05) is 18.7 Å². The summed E-state index contributed by atoms with van der Waals surface area (Å²) in [6.07, 6.45) is 1.55. The Morgan fingerprint density at radius 1 is 1.32 bits per heavy atom. The van der Waals surface area contributed by atoms with Gasteiger partial charge in [-0.1, -0.05) is 11.6 Å². The van der Waals surface area contributed by atoms with Crippen LogP contribution in [0.5, 0.6) is 0 Å². The highest BCUT2D eigenvalue weighted by Gasteiger charge is 2.52. The van der Waals surface area contributed by atoms with E-state index in [1.165, 1.54) is 14.2 Å². The lowest BCUT2D eigenvalue weighted by molar-refractivity contribution is -0.0757. The first-order chi connectivity index (χ1) is 10.1. The quantitative estimate of drug-likeness (QED) is 0.480. The summed E-state index contributed by atoms with van der Waals surface area (Å²) in [5, 5.41) is 1.19. The number of hydrogen-bond donors (Lipinski definition) is 0. The number of halogens is 1. The van der Waals surface area contributed by atoms with Crippen molar-refractivity contribution in [3.05, 3.63) is 23.0 Å². The summed E-state index contributed by atoms with van der Waals surface area (Å²) >= 11 is 6.02. The molecule has 0 aromatic carbocycles. The van der Waals surface area contributed by atoms with Crippen molar-refractivity contribution >= 4 is 30.1 Å². The molecule has 0 radical (unpaired) electrons. The third-order valence-corrected chi connectivity index (χ3v) is 4.48. The first-order valence-electron chi connectivity index (χ1n) is 6.92. The Balaban J connectivity index is 2.34. The summed E-state index contributed by atoms with van der Waals surface area (Å²) in [4.78, 5) is 21.2. The fourth-order valence-corrected chi connectivity index (χ4v) is 2.16. The SMILES string of the molecule is CON(C)C(=O)c1cc(B2OC(C)(C)C(C)(C)O2)cnc1Cl. The van der Waals surface area contributed by atoms with E-state index in [0.717, 1.165) is 5.06 Å². The number of aromatic nitrogens is 1. The number of amides is 1. The zero-order valence-corrected chi connectivity index (χ0v) is 14.4. The van der Waals surface area contributed by atoms with Crippen molar-refractivity contribution in [2.24, 2.45) is 0 Å². The second-order valence-corrected chi connectivity index (χ2v) is 6.54. The van der Waals surface area contributed by atoms with E-state index in [9.17, 15) is 4.79 Å². The van der Waals surface area contributed by atoms with E-state index in [1.807, 2.05) is 27.7 Å². The fourth-order valence-electron chi connectivity index (χ4n) is 1.97. The van der Waals surface area contributed by atoms with Crippen LogP contribution < -0.4 is 5.46 Å². The average Bonchev–Trinajstić information content (AvgIpc) is 2.66. The maximum Gasteiger partial charge on any atom is 0.496 e. The van der Waals surface area contributed by atoms with Gasteiger partial charge in [0.05, 0.1) is 23.9 Å². The van der Waals surface area contributed by atoms with Crippen molar-refractivity contribution in [1.82, 2.24) is 10.0 Å². The van der Waals surface area contributed by atoms with Gasteiger partial charge in [0.15, 0.2) is 0 Å². The predicted octanol–water partition coefficient (Wildman–Crippen LogP) is 1.67. The van der Waals surface area contributed by atoms with Crippen LogP contribution in [0, 0.1) is 0 Å². The summed E-state index contributed by atoms with van der Waals surface area (Å²) in [5.74, 6) is -0.390. The zero-order valence-electron chi connectivity index (χ0n) is 13.6. The lowest BCUT2D eigenvalue weighted by Gasteiger charge is -2.32. The minimum absolute atomic E-state index is 0.106. The lowest BCUT2D eigenvalue weighted by Crippen LogP contribution is -2.41. The molecule has 0 atom stereocenters. The highest BCUT2D eigenvalue weighted by atomic mass is 35.5. The van der Waals surface area contributed by atoms with Gasteiger partial charge in [-0.15, -0.1) is 0 Å². The summed E-state index contributed by atoms with van der Waals surface area (Å²) in [6, 6.07) is 1.62. The number of hydroxylamine groups is 2. The topological polar surface area (TPSA) is 60.9 Å². The van der Waals surface area contributed by atoms with Crippen LogP contribution >= 0.6 is 11.6 Å². The van der Waals surface area contributed by atoms with Gasteiger partial charge >= 0.3 is 7.12 Å². The maximum absolute atomic E-state index is 12.2. The number of nitrogens with zero attached hydrogens (tertiary/aromatic N) is 2. The molecule has 1 amide bonds. The van der Waals surface area contributed by atoms with Gasteiger partial charge in [0.2, 0.25) is 0 Å². The first kappa shape index (κ1) is 17.2. The molecule has 0 N–H and O–H groups in total. The van der Waals surface area contributed by atoms with E-state index >= 15 is 0 Å². The Hall–Kier alpha value is -1.15. The number of hydrogen-bond acceptors (Lipinski definition) is 5. The molecule has 0 unspecified atom stereocenters. The van der Waals surface area contributed by atoms with Crippen molar-refractivity contribution in [3.63, 3.8) is 0 Å². The van der Waals surface area contributed by atoms with Crippen molar-refractivity contribution in [1.29, 1.82) is 0 Å². The third-order valence-electron chi connectivity index (χ3n) is 4.18. The van der Waals surface area contributed by atoms with E-state index in [0.29, 0.717) is 5.46 Å². The molecule has 2 heterocycles. The zero-order chi connectivity index (χ0) is 16.7. The van der Waals surface area contributed by atoms with Gasteiger partial charge in [-0.2, -0.15) is 0 Å². The molecule has 2 rings (SSSR count). The highest BCUT2D eigenvalue weighted by molar-refractivity contribution is 6.62. The molecule has 1 aromatic heterocycles. The molecule has 120 valence electrons. The Kier molecular flexibility index (Phi) is 4.55. The molecule has 0 spiro atoms. The van der Waals surface area contributed by atoms with Crippen molar-refractivity contribution in [3.8, 4) is 0 Å². The van der Waals surface area contributed by atoms with E-state index < -0.39 is 24.2 Å².